The Hall–Kier alpha value is -4.07. The number of rotatable bonds is 5. The van der Waals surface area contributed by atoms with E-state index in [1.54, 1.807) is 14.5 Å². The van der Waals surface area contributed by atoms with Gasteiger partial charge in [-0.15, -0.1) is 0 Å². The maximum absolute atomic E-state index is 13.5. The van der Waals surface area contributed by atoms with E-state index in [1.807, 2.05) is 59.2 Å². The zero-order chi connectivity index (χ0) is 34.9. The number of carbonyl (C=O) groups excluding carboxylic acids is 2. The van der Waals surface area contributed by atoms with Crippen molar-refractivity contribution in [2.24, 2.45) is 0 Å². The summed E-state index contributed by atoms with van der Waals surface area (Å²) in [5, 5.41) is 9.75. The van der Waals surface area contributed by atoms with Gasteiger partial charge in [-0.2, -0.15) is 10.2 Å². The number of para-hydroxylation sites is 1. The Morgan fingerprint density at radius 2 is 1.31 bits per heavy atom. The molecule has 0 aliphatic carbocycles. The Kier molecular flexibility index (Phi) is 8.54. The highest BCUT2D eigenvalue weighted by molar-refractivity contribution is 14.1. The molecule has 2 aromatic carbocycles. The van der Waals surface area contributed by atoms with Crippen LogP contribution in [0, 0.1) is 31.4 Å². The molecule has 2 amide bonds. The van der Waals surface area contributed by atoms with Crippen LogP contribution >= 0.6 is 22.6 Å². The summed E-state index contributed by atoms with van der Waals surface area (Å²) in [6.07, 6.45) is -0.242. The third-order valence-electron chi connectivity index (χ3n) is 8.99. The number of benzene rings is 2. The molecule has 2 aromatic heterocycles. The number of hydrogen-bond acceptors (Lipinski definition) is 7. The first-order valence-corrected chi connectivity index (χ1v) is 17.3. The molecule has 4 heterocycles. The highest BCUT2D eigenvalue weighted by Gasteiger charge is 2.36. The number of nitrogens with zero attached hydrogens (tertiary/aromatic N) is 6. The third-order valence-corrected chi connectivity index (χ3v) is 10.1. The van der Waals surface area contributed by atoms with Gasteiger partial charge in [0.05, 0.1) is 48.9 Å². The largest absolute Gasteiger partial charge is 0.444 e. The molecule has 0 radical (unpaired) electrons. The highest BCUT2D eigenvalue weighted by Crippen LogP contribution is 2.35. The summed E-state index contributed by atoms with van der Waals surface area (Å²) in [5.41, 5.74) is 16.2. The van der Waals surface area contributed by atoms with E-state index in [-0.39, 0.29) is 12.2 Å². The standard InChI is InChI=1S/C36H44IN7O4/c1-20-11-10-12-21(2)29(20)43-31(37)25-16-41(18-27(25)39-43)34(46)48-36(8,9)15-24-14-13-22(3)30(23(24)4)44-32(38)26-17-42(19-28(26)40-44)33(45)47-35(5,6)7/h10-14H,15-19,38H2,1-9H3. The van der Waals surface area contributed by atoms with Crippen molar-refractivity contribution in [1.82, 2.24) is 29.4 Å². The average Bonchev–Trinajstić information content (AvgIpc) is 3.72. The van der Waals surface area contributed by atoms with Crippen molar-refractivity contribution < 1.29 is 19.1 Å². The van der Waals surface area contributed by atoms with Gasteiger partial charge in [0.2, 0.25) is 0 Å². The van der Waals surface area contributed by atoms with Gasteiger partial charge in [0.15, 0.2) is 0 Å². The molecule has 0 bridgehead atoms. The zero-order valence-electron chi connectivity index (χ0n) is 29.2. The smallest absolute Gasteiger partial charge is 0.410 e. The van der Waals surface area contributed by atoms with Gasteiger partial charge < -0.3 is 15.2 Å². The van der Waals surface area contributed by atoms with Crippen LogP contribution in [0.4, 0.5) is 15.4 Å². The summed E-state index contributed by atoms with van der Waals surface area (Å²) in [6, 6.07) is 10.4. The molecule has 0 atom stereocenters. The van der Waals surface area contributed by atoms with Crippen LogP contribution < -0.4 is 5.73 Å². The molecular weight excluding hydrogens is 721 g/mol. The summed E-state index contributed by atoms with van der Waals surface area (Å²) in [4.78, 5) is 29.5. The number of hydrogen-bond donors (Lipinski definition) is 1. The van der Waals surface area contributed by atoms with Crippen LogP contribution in [-0.4, -0.2) is 52.7 Å². The fraction of sp³-hybridized carbons (Fsp3) is 0.444. The number of fused-ring (bicyclic) bond motifs is 2. The van der Waals surface area contributed by atoms with E-state index in [1.165, 1.54) is 0 Å². The first kappa shape index (κ1) is 33.8. The Bertz CT molecular complexity index is 1930. The monoisotopic (exact) mass is 765 g/mol. The van der Waals surface area contributed by atoms with Crippen molar-refractivity contribution in [3.05, 3.63) is 84.4 Å². The lowest BCUT2D eigenvalue weighted by atomic mass is 9.92. The molecule has 0 spiro atoms. The topological polar surface area (TPSA) is 121 Å². The summed E-state index contributed by atoms with van der Waals surface area (Å²) >= 11 is 2.33. The normalized spacial score (nSPS) is 14.4. The molecule has 0 unspecified atom stereocenters. The molecule has 4 aromatic rings. The molecule has 2 N–H and O–H groups in total. The van der Waals surface area contributed by atoms with Crippen LogP contribution in [0.2, 0.25) is 0 Å². The highest BCUT2D eigenvalue weighted by atomic mass is 127. The summed E-state index contributed by atoms with van der Waals surface area (Å²) in [5.74, 6) is 0.507. The van der Waals surface area contributed by atoms with Gasteiger partial charge in [0.1, 0.15) is 20.7 Å². The van der Waals surface area contributed by atoms with Gasteiger partial charge in [0, 0.05) is 17.5 Å². The fourth-order valence-corrected chi connectivity index (χ4v) is 7.48. The van der Waals surface area contributed by atoms with Crippen LogP contribution in [0.5, 0.6) is 0 Å². The maximum Gasteiger partial charge on any atom is 0.410 e. The first-order chi connectivity index (χ1) is 22.4. The zero-order valence-corrected chi connectivity index (χ0v) is 31.4. The van der Waals surface area contributed by atoms with Crippen LogP contribution in [-0.2, 0) is 42.1 Å². The Morgan fingerprint density at radius 1 is 0.771 bits per heavy atom. The van der Waals surface area contributed by atoms with Crippen LogP contribution in [0.1, 0.15) is 85.0 Å². The molecule has 0 fully saturated rings. The Morgan fingerprint density at radius 3 is 1.90 bits per heavy atom. The summed E-state index contributed by atoms with van der Waals surface area (Å²) < 4.78 is 16.5. The summed E-state index contributed by atoms with van der Waals surface area (Å²) in [6.45, 7) is 19.2. The number of carbonyl (C=O) groups is 2. The SMILES string of the molecule is Cc1cccc(C)c1-n1nc2c(c1I)CN(C(=O)OC(C)(C)Cc1ccc(C)c(-n3nc4c(c3N)CN(C(=O)OC(C)(C)C)C4)c1C)C2. The molecule has 6 rings (SSSR count). The second-order valence-corrected chi connectivity index (χ2v) is 15.6. The molecule has 48 heavy (non-hydrogen) atoms. The van der Waals surface area contributed by atoms with Crippen molar-refractivity contribution in [3.8, 4) is 11.4 Å². The minimum absolute atomic E-state index is 0.338. The first-order valence-electron chi connectivity index (χ1n) is 16.2. The van der Waals surface area contributed by atoms with Gasteiger partial charge in [0.25, 0.3) is 0 Å². The number of aryl methyl sites for hydroxylation is 3. The molecule has 2 aliphatic heterocycles. The lowest BCUT2D eigenvalue weighted by Crippen LogP contribution is -2.37. The van der Waals surface area contributed by atoms with E-state index in [0.29, 0.717) is 38.4 Å². The number of anilines is 1. The molecule has 0 saturated heterocycles. The molecule has 254 valence electrons. The van der Waals surface area contributed by atoms with E-state index in [4.69, 9.17) is 25.4 Å². The number of nitrogens with two attached hydrogens (primary N) is 1. The van der Waals surface area contributed by atoms with Gasteiger partial charge in [-0.3, -0.25) is 9.80 Å². The minimum atomic E-state index is -0.787. The number of aromatic nitrogens is 4. The molecular formula is C36H44IN7O4. The van der Waals surface area contributed by atoms with Gasteiger partial charge >= 0.3 is 12.2 Å². The van der Waals surface area contributed by atoms with Crippen LogP contribution in [0.15, 0.2) is 30.3 Å². The lowest BCUT2D eigenvalue weighted by Gasteiger charge is -2.29. The Labute approximate surface area is 295 Å². The van der Waals surface area contributed by atoms with Crippen molar-refractivity contribution in [1.29, 1.82) is 0 Å². The predicted molar refractivity (Wildman–Crippen MR) is 192 cm³/mol. The number of nitrogen functional groups attached to an aromatic ring is 1. The Balaban J connectivity index is 1.15. The molecule has 11 nitrogen and oxygen atoms in total. The van der Waals surface area contributed by atoms with E-state index in [2.05, 4.69) is 60.7 Å². The average molecular weight is 766 g/mol. The predicted octanol–water partition coefficient (Wildman–Crippen LogP) is 7.20. The van der Waals surface area contributed by atoms with Crippen molar-refractivity contribution in [3.63, 3.8) is 0 Å². The van der Waals surface area contributed by atoms with E-state index < -0.39 is 11.2 Å². The molecule has 12 heteroatoms. The minimum Gasteiger partial charge on any atom is -0.444 e. The molecule has 2 aliphatic rings. The fourth-order valence-electron chi connectivity index (χ4n) is 6.65. The van der Waals surface area contributed by atoms with E-state index in [0.717, 1.165) is 65.4 Å². The van der Waals surface area contributed by atoms with Crippen molar-refractivity contribution >= 4 is 40.6 Å². The second kappa shape index (κ2) is 12.1. The van der Waals surface area contributed by atoms with E-state index >= 15 is 0 Å². The van der Waals surface area contributed by atoms with Crippen molar-refractivity contribution in [2.45, 2.75) is 106 Å². The quantitative estimate of drug-likeness (QED) is 0.214. The van der Waals surface area contributed by atoms with Gasteiger partial charge in [-0.1, -0.05) is 30.3 Å². The number of halogens is 1. The second-order valence-electron chi connectivity index (χ2n) is 14.6. The van der Waals surface area contributed by atoms with Crippen LogP contribution in [0.3, 0.4) is 0 Å². The maximum atomic E-state index is 13.5. The number of ether oxygens (including phenoxy) is 2. The summed E-state index contributed by atoms with van der Waals surface area (Å²) in [7, 11) is 0. The number of amides is 2. The third kappa shape index (κ3) is 6.26. The van der Waals surface area contributed by atoms with Crippen LogP contribution in [0.25, 0.3) is 11.4 Å². The van der Waals surface area contributed by atoms with Gasteiger partial charge in [-0.25, -0.2) is 19.0 Å². The van der Waals surface area contributed by atoms with Gasteiger partial charge in [-0.05, 0) is 113 Å². The molecule has 0 saturated carbocycles. The van der Waals surface area contributed by atoms with E-state index in [9.17, 15) is 9.59 Å². The lowest BCUT2D eigenvalue weighted by molar-refractivity contribution is 0.0127. The van der Waals surface area contributed by atoms with Crippen molar-refractivity contribution in [2.75, 3.05) is 5.73 Å².